The van der Waals surface area contributed by atoms with E-state index in [2.05, 4.69) is 40.5 Å². The molecule has 0 aliphatic carbocycles. The first-order valence-electron chi connectivity index (χ1n) is 13.3. The summed E-state index contributed by atoms with van der Waals surface area (Å²) in [7, 11) is 0. The van der Waals surface area contributed by atoms with Gasteiger partial charge in [-0.3, -0.25) is 14.5 Å². The number of carbonyl (C=O) groups excluding carboxylic acids is 2. The summed E-state index contributed by atoms with van der Waals surface area (Å²) in [5.74, 6) is -0.0537. The van der Waals surface area contributed by atoms with Crippen LogP contribution in [0.1, 0.15) is 49.9 Å². The van der Waals surface area contributed by atoms with E-state index in [9.17, 15) is 9.59 Å². The zero-order valence-corrected chi connectivity index (χ0v) is 21.0. The minimum Gasteiger partial charge on any atom is -0.343 e. The molecule has 0 spiro atoms. The van der Waals surface area contributed by atoms with Crippen LogP contribution >= 0.6 is 0 Å². The second kappa shape index (κ2) is 10.5. The molecule has 5 rings (SSSR count). The summed E-state index contributed by atoms with van der Waals surface area (Å²) in [5.41, 5.74) is 0.780. The van der Waals surface area contributed by atoms with E-state index in [0.29, 0.717) is 19.1 Å². The van der Waals surface area contributed by atoms with Crippen LogP contribution in [0.2, 0.25) is 0 Å². The summed E-state index contributed by atoms with van der Waals surface area (Å²) < 4.78 is 0. The first-order chi connectivity index (χ1) is 17.1. The Labute approximate surface area is 208 Å². The molecule has 1 unspecified atom stereocenters. The summed E-state index contributed by atoms with van der Waals surface area (Å²) >= 11 is 0. The van der Waals surface area contributed by atoms with Crippen molar-refractivity contribution in [3.05, 3.63) is 60.2 Å². The molecule has 3 aromatic carbocycles. The highest BCUT2D eigenvalue weighted by molar-refractivity contribution is 6.21. The molecule has 5 nitrogen and oxygen atoms in total. The Morgan fingerprint density at radius 2 is 1.51 bits per heavy atom. The number of Topliss-reactive ketones (excluding diaryl/α,β-unsaturated/α-hetero) is 1. The van der Waals surface area contributed by atoms with Gasteiger partial charge < -0.3 is 10.2 Å². The summed E-state index contributed by atoms with van der Waals surface area (Å²) in [4.78, 5) is 32.9. The fourth-order valence-electron chi connectivity index (χ4n) is 6.36. The largest absolute Gasteiger partial charge is 0.343 e. The van der Waals surface area contributed by atoms with E-state index in [4.69, 9.17) is 0 Å². The number of ketones is 1. The van der Waals surface area contributed by atoms with Gasteiger partial charge in [-0.25, -0.2) is 0 Å². The van der Waals surface area contributed by atoms with Gasteiger partial charge in [0.1, 0.15) is 0 Å². The Morgan fingerprint density at radius 1 is 0.914 bits per heavy atom. The van der Waals surface area contributed by atoms with Gasteiger partial charge in [0.05, 0.1) is 12.0 Å². The number of rotatable bonds is 6. The minimum atomic E-state index is -0.422. The van der Waals surface area contributed by atoms with Crippen molar-refractivity contribution in [2.45, 2.75) is 51.6 Å². The van der Waals surface area contributed by atoms with Gasteiger partial charge >= 0.3 is 0 Å². The molecular formula is C30H37N3O2. The maximum Gasteiger partial charge on any atom is 0.227 e. The maximum absolute atomic E-state index is 14.8. The molecule has 2 aliphatic rings. The summed E-state index contributed by atoms with van der Waals surface area (Å²) in [5, 5.41) is 7.58. The van der Waals surface area contributed by atoms with Crippen molar-refractivity contribution in [3.8, 4) is 0 Å². The molecule has 1 N–H and O–H groups in total. The fraction of sp³-hybridized carbons (Fsp3) is 0.467. The average Bonchev–Trinajstić information content (AvgIpc) is 2.92. The number of amides is 1. The standard InChI is InChI=1S/C30H37N3O2/c1-3-32(4-2)30(35)26-14-9-19-33(23-15-17-31-18-16-23)28(26)29(34)27-24-12-7-5-10-21(24)20-22-11-6-8-13-25(22)27/h5-8,10-13,20,23,26,28,31H,3-4,9,14-19H2,1-2H3/t26?,28-/m1/s1. The topological polar surface area (TPSA) is 52.7 Å². The zero-order chi connectivity index (χ0) is 24.4. The Bertz CT molecular complexity index is 1160. The van der Waals surface area contributed by atoms with Gasteiger partial charge in [0, 0.05) is 24.7 Å². The van der Waals surface area contributed by atoms with Crippen LogP contribution in [-0.2, 0) is 4.79 Å². The smallest absolute Gasteiger partial charge is 0.227 e. The number of nitrogens with zero attached hydrogens (tertiary/aromatic N) is 2. The number of piperidine rings is 2. The molecule has 5 heteroatoms. The predicted molar refractivity (Wildman–Crippen MR) is 143 cm³/mol. The van der Waals surface area contributed by atoms with E-state index in [-0.39, 0.29) is 17.6 Å². The lowest BCUT2D eigenvalue weighted by atomic mass is 9.79. The molecular weight excluding hydrogens is 434 g/mol. The quantitative estimate of drug-likeness (QED) is 0.411. The Kier molecular flexibility index (Phi) is 7.17. The highest BCUT2D eigenvalue weighted by atomic mass is 16.2. The van der Waals surface area contributed by atoms with Crippen molar-refractivity contribution in [1.82, 2.24) is 15.1 Å². The van der Waals surface area contributed by atoms with Gasteiger partial charge in [0.15, 0.2) is 5.78 Å². The zero-order valence-electron chi connectivity index (χ0n) is 21.0. The van der Waals surface area contributed by atoms with Gasteiger partial charge in [-0.15, -0.1) is 0 Å². The van der Waals surface area contributed by atoms with E-state index >= 15 is 0 Å². The van der Waals surface area contributed by atoms with Crippen molar-refractivity contribution in [1.29, 1.82) is 0 Å². The third-order valence-corrected chi connectivity index (χ3v) is 8.13. The Balaban J connectivity index is 1.66. The Hall–Kier alpha value is -2.76. The Morgan fingerprint density at radius 3 is 2.11 bits per heavy atom. The van der Waals surface area contributed by atoms with E-state index in [1.165, 1.54) is 0 Å². The molecule has 2 fully saturated rings. The molecule has 0 bridgehead atoms. The average molecular weight is 472 g/mol. The lowest BCUT2D eigenvalue weighted by molar-refractivity contribution is -0.139. The number of hydrogen-bond acceptors (Lipinski definition) is 4. The fourth-order valence-corrected chi connectivity index (χ4v) is 6.36. The van der Waals surface area contributed by atoms with Gasteiger partial charge in [0.2, 0.25) is 5.91 Å². The first kappa shape index (κ1) is 24.0. The van der Waals surface area contributed by atoms with Crippen LogP contribution in [0.4, 0.5) is 0 Å². The van der Waals surface area contributed by atoms with Crippen LogP contribution in [0, 0.1) is 5.92 Å². The van der Waals surface area contributed by atoms with Crippen LogP contribution in [0.15, 0.2) is 54.6 Å². The van der Waals surface area contributed by atoms with Crippen molar-refractivity contribution in [2.24, 2.45) is 5.92 Å². The second-order valence-electron chi connectivity index (χ2n) is 9.98. The second-order valence-corrected chi connectivity index (χ2v) is 9.98. The molecule has 3 aromatic rings. The molecule has 0 radical (unpaired) electrons. The van der Waals surface area contributed by atoms with Gasteiger partial charge in [-0.1, -0.05) is 48.5 Å². The van der Waals surface area contributed by atoms with Gasteiger partial charge in [0.25, 0.3) is 0 Å². The maximum atomic E-state index is 14.8. The predicted octanol–water partition coefficient (Wildman–Crippen LogP) is 4.88. The molecule has 0 aromatic heterocycles. The third-order valence-electron chi connectivity index (χ3n) is 8.13. The number of carbonyl (C=O) groups is 2. The van der Waals surface area contributed by atoms with E-state index < -0.39 is 6.04 Å². The van der Waals surface area contributed by atoms with Crippen LogP contribution < -0.4 is 5.32 Å². The van der Waals surface area contributed by atoms with Crippen LogP contribution in [0.5, 0.6) is 0 Å². The molecule has 1 amide bonds. The van der Waals surface area contributed by atoms with E-state index in [1.54, 1.807) is 0 Å². The molecule has 0 saturated carbocycles. The van der Waals surface area contributed by atoms with Crippen LogP contribution in [0.25, 0.3) is 21.5 Å². The first-order valence-corrected chi connectivity index (χ1v) is 13.3. The lowest BCUT2D eigenvalue weighted by Crippen LogP contribution is -2.59. The lowest BCUT2D eigenvalue weighted by Gasteiger charge is -2.46. The molecule has 2 heterocycles. The molecule has 2 atom stereocenters. The highest BCUT2D eigenvalue weighted by Crippen LogP contribution is 2.36. The number of nitrogens with one attached hydrogen (secondary N) is 1. The minimum absolute atomic E-state index is 0.113. The number of fused-ring (bicyclic) bond motifs is 2. The van der Waals surface area contributed by atoms with Crippen molar-refractivity contribution in [2.75, 3.05) is 32.7 Å². The molecule has 184 valence electrons. The third kappa shape index (κ3) is 4.48. The molecule has 2 saturated heterocycles. The van der Waals surface area contributed by atoms with Gasteiger partial charge in [-0.2, -0.15) is 0 Å². The monoisotopic (exact) mass is 471 g/mol. The summed E-state index contributed by atoms with van der Waals surface area (Å²) in [6.07, 6.45) is 3.77. The van der Waals surface area contributed by atoms with E-state index in [1.807, 2.05) is 43.0 Å². The molecule has 2 aliphatic heterocycles. The highest BCUT2D eigenvalue weighted by Gasteiger charge is 2.45. The van der Waals surface area contributed by atoms with E-state index in [0.717, 1.165) is 72.4 Å². The SMILES string of the molecule is CCN(CC)C(=O)C1CCCN(C2CCNCC2)[C@H]1C(=O)c1c2ccccc2cc2ccccc12. The molecule has 35 heavy (non-hydrogen) atoms. The number of benzene rings is 3. The number of hydrogen-bond donors (Lipinski definition) is 1. The van der Waals surface area contributed by atoms with Crippen molar-refractivity contribution in [3.63, 3.8) is 0 Å². The normalized spacial score (nSPS) is 21.9. The van der Waals surface area contributed by atoms with Crippen molar-refractivity contribution < 1.29 is 9.59 Å². The van der Waals surface area contributed by atoms with Crippen LogP contribution in [-0.4, -0.2) is 66.3 Å². The summed E-state index contributed by atoms with van der Waals surface area (Å²) in [6, 6.07) is 18.5. The van der Waals surface area contributed by atoms with Crippen LogP contribution in [0.3, 0.4) is 0 Å². The summed E-state index contributed by atoms with van der Waals surface area (Å²) in [6.45, 7) is 8.23. The van der Waals surface area contributed by atoms with Crippen molar-refractivity contribution >= 4 is 33.2 Å². The van der Waals surface area contributed by atoms with Gasteiger partial charge in [-0.05, 0) is 86.8 Å². The number of likely N-dealkylation sites (tertiary alicyclic amines) is 1.